The van der Waals surface area contributed by atoms with Gasteiger partial charge in [-0.05, 0) is 0 Å². The normalized spacial score (nSPS) is 15.6. The number of rotatable bonds is 4. The van der Waals surface area contributed by atoms with Crippen molar-refractivity contribution in [1.82, 2.24) is 0 Å². The molecule has 0 saturated carbocycles. The van der Waals surface area contributed by atoms with Crippen molar-refractivity contribution in [3.63, 3.8) is 0 Å². The van der Waals surface area contributed by atoms with E-state index >= 15 is 0 Å². The molecule has 2 aliphatic rings. The Morgan fingerprint density at radius 3 is 1.97 bits per heavy atom. The van der Waals surface area contributed by atoms with E-state index in [4.69, 9.17) is 0 Å². The molecule has 0 heterocycles. The van der Waals surface area contributed by atoms with Crippen LogP contribution < -0.4 is 3.27 Å². The molecule has 0 atom stereocenters. The molecular weight excluding hydrogens is 535 g/mol. The Hall–Kier alpha value is 0.0338. The molecule has 0 bridgehead atoms. The Morgan fingerprint density at radius 1 is 0.800 bits per heavy atom. The van der Waals surface area contributed by atoms with Crippen LogP contribution in [0.5, 0.6) is 0 Å². The molecule has 2 aliphatic carbocycles. The van der Waals surface area contributed by atoms with Crippen molar-refractivity contribution in [3.8, 4) is 11.1 Å². The average Bonchev–Trinajstić information content (AvgIpc) is 3.26. The van der Waals surface area contributed by atoms with Crippen LogP contribution in [0.1, 0.15) is 17.5 Å². The Labute approximate surface area is 197 Å². The van der Waals surface area contributed by atoms with Gasteiger partial charge in [-0.15, -0.1) is 24.8 Å². The van der Waals surface area contributed by atoms with E-state index in [9.17, 15) is 0 Å². The standard InChI is InChI=1S/C13H9.C5H5.2C3H9Si.2ClH.H2Si.Zr/c1-3-7-12-10(5-1)9-11-6-2-4-8-13(11)12;1-2-4-5-3-1;2*1-4(2)3;;;;/h1-5,7-8H,9H2;1-3H,4H2;2*1-3H3;2*1H;1H2;. The van der Waals surface area contributed by atoms with E-state index in [1.165, 1.54) is 23.1 Å². The van der Waals surface area contributed by atoms with Crippen molar-refractivity contribution in [2.45, 2.75) is 52.1 Å². The summed E-state index contributed by atoms with van der Waals surface area (Å²) in [6.07, 6.45) is 9.69. The van der Waals surface area contributed by atoms with Gasteiger partial charge in [-0.25, -0.2) is 0 Å². The minimum absolute atomic E-state index is 0. The van der Waals surface area contributed by atoms with E-state index in [2.05, 4.69) is 107 Å². The summed E-state index contributed by atoms with van der Waals surface area (Å²) in [5, 5.41) is -2.95. The molecule has 2 aromatic carbocycles. The second-order valence-corrected chi connectivity index (χ2v) is 84.9. The van der Waals surface area contributed by atoms with Gasteiger partial charge < -0.3 is 0 Å². The Morgan fingerprint density at radius 2 is 1.40 bits per heavy atom. The summed E-state index contributed by atoms with van der Waals surface area (Å²) in [7, 11) is 0. The molecule has 6 heteroatoms. The van der Waals surface area contributed by atoms with Crippen LogP contribution in [-0.2, 0) is 22.1 Å². The molecular formula is C24H36Cl2Si3Zr. The molecule has 0 nitrogen and oxygen atoms in total. The third kappa shape index (κ3) is 3.20. The first-order valence-electron chi connectivity index (χ1n) is 10.6. The summed E-state index contributed by atoms with van der Waals surface area (Å²) in [5.41, 5.74) is 6.24. The first-order valence-corrected chi connectivity index (χ1v) is 33.4. The van der Waals surface area contributed by atoms with Crippen molar-refractivity contribution in [3.05, 3.63) is 75.1 Å². The largest absolute Gasteiger partial charge is 0.147 e. The molecule has 0 radical (unpaired) electrons. The van der Waals surface area contributed by atoms with Gasteiger partial charge in [0.15, 0.2) is 0 Å². The second kappa shape index (κ2) is 8.43. The number of hydrogen-bond acceptors (Lipinski definition) is 0. The third-order valence-corrected chi connectivity index (χ3v) is 148. The fraction of sp³-hybridized carbons (Fsp3) is 0.333. The number of allylic oxidation sites excluding steroid dienone is 4. The van der Waals surface area contributed by atoms with Crippen LogP contribution in [-0.4, -0.2) is 17.3 Å². The molecule has 0 fully saturated rings. The maximum atomic E-state index is 2.71. The summed E-state index contributed by atoms with van der Waals surface area (Å²) in [5.74, 6) is 0. The molecule has 0 aromatic heterocycles. The summed E-state index contributed by atoms with van der Waals surface area (Å²) < 4.78 is 3.75. The maximum Gasteiger partial charge on any atom is -0.147 e. The minimum Gasteiger partial charge on any atom is -0.147 e. The van der Waals surface area contributed by atoms with Gasteiger partial charge in [0, 0.05) is 0 Å². The van der Waals surface area contributed by atoms with E-state index in [1.54, 1.807) is 5.56 Å². The summed E-state index contributed by atoms with van der Waals surface area (Å²) >= 11 is -3.49. The molecule has 0 amide bonds. The van der Waals surface area contributed by atoms with Crippen molar-refractivity contribution >= 4 is 45.4 Å². The first kappa shape index (κ1) is 26.3. The molecule has 0 aliphatic heterocycles. The second-order valence-electron chi connectivity index (χ2n) is 10.9. The zero-order chi connectivity index (χ0) is 20.4. The molecule has 0 N–H and O–H groups in total. The molecule has 0 unspecified atom stereocenters. The number of hydrogen-bond donors (Lipinski definition) is 0. The van der Waals surface area contributed by atoms with Crippen molar-refractivity contribution in [2.75, 3.05) is 0 Å². The van der Waals surface area contributed by atoms with Gasteiger partial charge in [0.2, 0.25) is 0 Å². The predicted octanol–water partition coefficient (Wildman–Crippen LogP) is 6.48. The summed E-state index contributed by atoms with van der Waals surface area (Å²) in [6.45, 7) is 18.9. The zero-order valence-electron chi connectivity index (χ0n) is 19.2. The van der Waals surface area contributed by atoms with Crippen LogP contribution in [0, 0.1) is 0 Å². The summed E-state index contributed by atoms with van der Waals surface area (Å²) in [6, 6.07) is 16.5. The third-order valence-electron chi connectivity index (χ3n) is 8.24. The molecule has 162 valence electrons. The van der Waals surface area contributed by atoms with Crippen LogP contribution in [0.2, 0.25) is 39.3 Å². The fourth-order valence-corrected chi connectivity index (χ4v) is 110. The predicted molar refractivity (Wildman–Crippen MR) is 146 cm³/mol. The smallest absolute Gasteiger partial charge is 0.147 e. The Balaban J connectivity index is 0.00000160. The van der Waals surface area contributed by atoms with Gasteiger partial charge in [-0.1, -0.05) is 0 Å². The van der Waals surface area contributed by atoms with Crippen molar-refractivity contribution in [1.29, 1.82) is 0 Å². The van der Waals surface area contributed by atoms with Gasteiger partial charge in [0.25, 0.3) is 0 Å². The number of fused-ring (bicyclic) bond motifs is 3. The zero-order valence-corrected chi connectivity index (χ0v) is 26.7. The SMILES string of the molecule is C[Si](C)(C)[Zr](=[SiH2])([C]1=CC=CC1)([c]1cccc2c1Cc1ccccc1-2)[Si](C)(C)C.Cl.Cl. The van der Waals surface area contributed by atoms with Crippen LogP contribution in [0.4, 0.5) is 0 Å². The van der Waals surface area contributed by atoms with Crippen molar-refractivity contribution in [2.24, 2.45) is 0 Å². The minimum atomic E-state index is -3.49. The molecule has 4 rings (SSSR count). The quantitative estimate of drug-likeness (QED) is 0.315. The summed E-state index contributed by atoms with van der Waals surface area (Å²) in [4.78, 5) is 0. The van der Waals surface area contributed by atoms with Crippen LogP contribution in [0.3, 0.4) is 0 Å². The van der Waals surface area contributed by atoms with E-state index in [0.29, 0.717) is 0 Å². The monoisotopic (exact) mass is 568 g/mol. The van der Waals surface area contributed by atoms with Gasteiger partial charge in [-0.3, -0.25) is 0 Å². The van der Waals surface area contributed by atoms with Crippen molar-refractivity contribution < 1.29 is 15.7 Å². The molecule has 2 aromatic rings. The van der Waals surface area contributed by atoms with Crippen LogP contribution >= 0.6 is 24.8 Å². The van der Waals surface area contributed by atoms with E-state index in [0.717, 1.165) is 6.42 Å². The first-order chi connectivity index (χ1) is 13.0. The van der Waals surface area contributed by atoms with E-state index in [1.807, 2.05) is 6.55 Å². The Bertz CT molecular complexity index is 1080. The molecule has 30 heavy (non-hydrogen) atoms. The Kier molecular flexibility index (Phi) is 7.38. The van der Waals surface area contributed by atoms with Gasteiger partial charge in [0.1, 0.15) is 0 Å². The molecule has 0 saturated heterocycles. The van der Waals surface area contributed by atoms with Gasteiger partial charge >= 0.3 is 175 Å². The van der Waals surface area contributed by atoms with E-state index < -0.39 is 26.1 Å². The van der Waals surface area contributed by atoms with Gasteiger partial charge in [0.05, 0.1) is 0 Å². The topological polar surface area (TPSA) is 0 Å². The van der Waals surface area contributed by atoms with Crippen LogP contribution in [0.25, 0.3) is 11.1 Å². The average molecular weight is 571 g/mol. The molecule has 0 spiro atoms. The fourth-order valence-electron chi connectivity index (χ4n) is 6.60. The number of halogens is 2. The number of benzene rings is 2. The van der Waals surface area contributed by atoms with Crippen LogP contribution in [0.15, 0.2) is 64.0 Å². The van der Waals surface area contributed by atoms with E-state index in [-0.39, 0.29) is 24.8 Å². The van der Waals surface area contributed by atoms with Gasteiger partial charge in [-0.2, -0.15) is 0 Å². The maximum absolute atomic E-state index is 3.49.